The first kappa shape index (κ1) is 19.1. The first-order chi connectivity index (χ1) is 14.0. The van der Waals surface area contributed by atoms with Crippen molar-refractivity contribution in [2.75, 3.05) is 31.1 Å². The zero-order chi connectivity index (χ0) is 20.4. The van der Waals surface area contributed by atoms with E-state index in [1.54, 1.807) is 18.2 Å². The van der Waals surface area contributed by atoms with E-state index in [1.807, 2.05) is 36.9 Å². The van der Waals surface area contributed by atoms with Gasteiger partial charge in [0.25, 0.3) is 5.91 Å². The fourth-order valence-electron chi connectivity index (χ4n) is 3.62. The van der Waals surface area contributed by atoms with Gasteiger partial charge in [0.2, 0.25) is 0 Å². The largest absolute Gasteiger partial charge is 0.489 e. The number of nitrogens with zero attached hydrogens (tertiary/aromatic N) is 2. The number of carbonyl (C=O) groups excluding carboxylic acids is 1. The van der Waals surface area contributed by atoms with Crippen LogP contribution in [0.1, 0.15) is 24.2 Å². The van der Waals surface area contributed by atoms with Crippen LogP contribution in [0.3, 0.4) is 0 Å². The van der Waals surface area contributed by atoms with E-state index in [1.165, 1.54) is 12.3 Å². The highest BCUT2D eigenvalue weighted by molar-refractivity contribution is 5.97. The second-order valence-corrected chi connectivity index (χ2v) is 7.41. The van der Waals surface area contributed by atoms with Crippen LogP contribution >= 0.6 is 0 Å². The van der Waals surface area contributed by atoms with Gasteiger partial charge < -0.3 is 19.0 Å². The molecule has 1 aliphatic heterocycles. The van der Waals surface area contributed by atoms with Crippen molar-refractivity contribution in [1.29, 1.82) is 0 Å². The average molecular weight is 392 g/mol. The summed E-state index contributed by atoms with van der Waals surface area (Å²) in [4.78, 5) is 28.9. The van der Waals surface area contributed by atoms with Crippen LogP contribution in [0, 0.1) is 0 Å². The molecule has 0 atom stereocenters. The van der Waals surface area contributed by atoms with E-state index in [0.29, 0.717) is 29.6 Å². The average Bonchev–Trinajstić information content (AvgIpc) is 2.73. The molecule has 0 bridgehead atoms. The molecule has 3 aromatic rings. The molecular formula is C23H24N2O4. The number of para-hydroxylation sites is 2. The van der Waals surface area contributed by atoms with E-state index < -0.39 is 0 Å². The molecule has 0 aliphatic carbocycles. The zero-order valence-corrected chi connectivity index (χ0v) is 16.6. The number of hydrogen-bond donors (Lipinski definition) is 0. The Morgan fingerprint density at radius 3 is 2.55 bits per heavy atom. The predicted octanol–water partition coefficient (Wildman–Crippen LogP) is 3.54. The molecule has 1 aromatic heterocycles. The molecule has 6 nitrogen and oxygen atoms in total. The monoisotopic (exact) mass is 392 g/mol. The number of fused-ring (bicyclic) bond motifs is 1. The third-order valence-electron chi connectivity index (χ3n) is 5.04. The molecule has 4 rings (SSSR count). The third kappa shape index (κ3) is 3.97. The Hall–Kier alpha value is -3.28. The van der Waals surface area contributed by atoms with Crippen molar-refractivity contribution in [3.63, 3.8) is 0 Å². The zero-order valence-electron chi connectivity index (χ0n) is 16.6. The minimum atomic E-state index is -0.110. The molecule has 1 saturated heterocycles. The Bertz CT molecular complexity index is 1080. The Morgan fingerprint density at radius 1 is 1.03 bits per heavy atom. The summed E-state index contributed by atoms with van der Waals surface area (Å²) < 4.78 is 11.3. The molecule has 0 spiro atoms. The van der Waals surface area contributed by atoms with Crippen molar-refractivity contribution >= 4 is 22.6 Å². The highest BCUT2D eigenvalue weighted by atomic mass is 16.5. The standard InChI is InChI=1S/C23H24N2O4/c1-16(2)29-21-6-4-3-5-19(21)24-10-12-25(13-11-24)23(27)17-7-8-18-20(26)9-14-28-22(18)15-17/h3-9,14-16H,10-13H2,1-2H3. The Morgan fingerprint density at radius 2 is 1.79 bits per heavy atom. The fourth-order valence-corrected chi connectivity index (χ4v) is 3.62. The number of rotatable bonds is 4. The van der Waals surface area contributed by atoms with E-state index in [9.17, 15) is 9.59 Å². The van der Waals surface area contributed by atoms with Crippen LogP contribution in [-0.4, -0.2) is 43.1 Å². The van der Waals surface area contributed by atoms with Gasteiger partial charge in [0, 0.05) is 37.8 Å². The number of ether oxygens (including phenoxy) is 1. The van der Waals surface area contributed by atoms with Crippen molar-refractivity contribution in [2.45, 2.75) is 20.0 Å². The van der Waals surface area contributed by atoms with Crippen LogP contribution < -0.4 is 15.1 Å². The topological polar surface area (TPSA) is 63.0 Å². The molecule has 0 N–H and O–H groups in total. The van der Waals surface area contributed by atoms with Gasteiger partial charge in [0.1, 0.15) is 11.3 Å². The summed E-state index contributed by atoms with van der Waals surface area (Å²) in [6, 6.07) is 14.4. The maximum absolute atomic E-state index is 12.9. The quantitative estimate of drug-likeness (QED) is 0.680. The van der Waals surface area contributed by atoms with Crippen LogP contribution in [0.25, 0.3) is 11.0 Å². The van der Waals surface area contributed by atoms with Crippen LogP contribution in [0.2, 0.25) is 0 Å². The molecule has 29 heavy (non-hydrogen) atoms. The summed E-state index contributed by atoms with van der Waals surface area (Å²) in [6.45, 7) is 6.72. The fraction of sp³-hybridized carbons (Fsp3) is 0.304. The molecule has 0 radical (unpaired) electrons. The van der Waals surface area contributed by atoms with Gasteiger partial charge >= 0.3 is 0 Å². The van der Waals surface area contributed by atoms with Crippen molar-refractivity contribution in [3.05, 3.63) is 70.6 Å². The normalized spacial score (nSPS) is 14.4. The first-order valence-electron chi connectivity index (χ1n) is 9.84. The minimum absolute atomic E-state index is 0.0511. The lowest BCUT2D eigenvalue weighted by Gasteiger charge is -2.37. The summed E-state index contributed by atoms with van der Waals surface area (Å²) >= 11 is 0. The molecule has 2 heterocycles. The Balaban J connectivity index is 1.47. The minimum Gasteiger partial charge on any atom is -0.489 e. The van der Waals surface area contributed by atoms with Crippen LogP contribution in [0.15, 0.2) is 64.0 Å². The Kier molecular flexibility index (Phi) is 5.25. The summed E-state index contributed by atoms with van der Waals surface area (Å²) in [5.74, 6) is 0.816. The molecule has 0 saturated carbocycles. The van der Waals surface area contributed by atoms with E-state index in [-0.39, 0.29) is 17.4 Å². The van der Waals surface area contributed by atoms with Gasteiger partial charge in [-0.05, 0) is 44.2 Å². The molecule has 1 aliphatic rings. The number of amides is 1. The number of benzene rings is 2. The second-order valence-electron chi connectivity index (χ2n) is 7.41. The van der Waals surface area contributed by atoms with Gasteiger partial charge in [-0.25, -0.2) is 0 Å². The summed E-state index contributed by atoms with van der Waals surface area (Å²) in [6.07, 6.45) is 1.46. The molecular weight excluding hydrogens is 368 g/mol. The van der Waals surface area contributed by atoms with Gasteiger partial charge in [0.15, 0.2) is 5.43 Å². The summed E-state index contributed by atoms with van der Waals surface area (Å²) in [7, 11) is 0. The smallest absolute Gasteiger partial charge is 0.254 e. The highest BCUT2D eigenvalue weighted by Crippen LogP contribution is 2.30. The van der Waals surface area contributed by atoms with Crippen LogP contribution in [0.5, 0.6) is 5.75 Å². The lowest BCUT2D eigenvalue weighted by molar-refractivity contribution is 0.0746. The van der Waals surface area contributed by atoms with Crippen LogP contribution in [-0.2, 0) is 0 Å². The molecule has 150 valence electrons. The van der Waals surface area contributed by atoms with Crippen LogP contribution in [0.4, 0.5) is 5.69 Å². The molecule has 1 fully saturated rings. The highest BCUT2D eigenvalue weighted by Gasteiger charge is 2.24. The van der Waals surface area contributed by atoms with Gasteiger partial charge in [-0.15, -0.1) is 0 Å². The number of anilines is 1. The SMILES string of the molecule is CC(C)Oc1ccccc1N1CCN(C(=O)c2ccc3c(=O)ccoc3c2)CC1. The van der Waals surface area contributed by atoms with Gasteiger partial charge in [-0.2, -0.15) is 0 Å². The maximum Gasteiger partial charge on any atom is 0.254 e. The van der Waals surface area contributed by atoms with Gasteiger partial charge in [0.05, 0.1) is 23.4 Å². The first-order valence-corrected chi connectivity index (χ1v) is 9.84. The number of carbonyl (C=O) groups is 1. The van der Waals surface area contributed by atoms with E-state index in [0.717, 1.165) is 24.5 Å². The molecule has 0 unspecified atom stereocenters. The van der Waals surface area contributed by atoms with Gasteiger partial charge in [-0.3, -0.25) is 9.59 Å². The predicted molar refractivity (Wildman–Crippen MR) is 113 cm³/mol. The van der Waals surface area contributed by atoms with E-state index >= 15 is 0 Å². The van der Waals surface area contributed by atoms with E-state index in [2.05, 4.69) is 11.0 Å². The molecule has 1 amide bonds. The van der Waals surface area contributed by atoms with Crippen molar-refractivity contribution in [2.24, 2.45) is 0 Å². The summed E-state index contributed by atoms with van der Waals surface area (Å²) in [5.41, 5.74) is 1.91. The second kappa shape index (κ2) is 7.99. The number of piperazine rings is 1. The van der Waals surface area contributed by atoms with Crippen molar-refractivity contribution in [1.82, 2.24) is 4.90 Å². The van der Waals surface area contributed by atoms with Gasteiger partial charge in [-0.1, -0.05) is 12.1 Å². The molecule has 2 aromatic carbocycles. The third-order valence-corrected chi connectivity index (χ3v) is 5.04. The maximum atomic E-state index is 12.9. The van der Waals surface area contributed by atoms with E-state index in [4.69, 9.17) is 9.15 Å². The lowest BCUT2D eigenvalue weighted by atomic mass is 10.1. The lowest BCUT2D eigenvalue weighted by Crippen LogP contribution is -2.48. The number of hydrogen-bond acceptors (Lipinski definition) is 5. The van der Waals surface area contributed by atoms with Crippen molar-refractivity contribution in [3.8, 4) is 5.75 Å². The molecule has 6 heteroatoms. The summed E-state index contributed by atoms with van der Waals surface area (Å²) in [5, 5.41) is 0.482. The van der Waals surface area contributed by atoms with Crippen molar-refractivity contribution < 1.29 is 13.9 Å². The Labute approximate surface area is 169 Å².